The third-order valence-corrected chi connectivity index (χ3v) is 2.43. The lowest BCUT2D eigenvalue weighted by Crippen LogP contribution is -1.98. The largest absolute Gasteiger partial charge is 0.353 e. The Morgan fingerprint density at radius 1 is 1.44 bits per heavy atom. The first kappa shape index (κ1) is 10.7. The van der Waals surface area contributed by atoms with Crippen molar-refractivity contribution in [2.75, 3.05) is 5.32 Å². The predicted molar refractivity (Wildman–Crippen MR) is 66.2 cm³/mol. The van der Waals surface area contributed by atoms with Gasteiger partial charge in [0.15, 0.2) is 5.82 Å². The topological polar surface area (TPSA) is 55.6 Å². The van der Waals surface area contributed by atoms with Gasteiger partial charge in [0.2, 0.25) is 0 Å². The highest BCUT2D eigenvalue weighted by molar-refractivity contribution is 7.79. The van der Waals surface area contributed by atoms with Crippen molar-refractivity contribution in [2.45, 2.75) is 6.92 Å². The lowest BCUT2D eigenvalue weighted by Gasteiger charge is -2.06. The first-order chi connectivity index (χ1) is 7.72. The third kappa shape index (κ3) is 1.92. The molecule has 5 nitrogen and oxygen atoms in total. The van der Waals surface area contributed by atoms with E-state index in [4.69, 9.17) is 12.2 Å². The molecular formula is C10H11N5S. The number of rotatable bonds is 3. The molecule has 1 heterocycles. The van der Waals surface area contributed by atoms with E-state index < -0.39 is 0 Å². The number of anilines is 1. The fourth-order valence-electron chi connectivity index (χ4n) is 1.53. The number of nitrogens with one attached hydrogen (secondary N) is 1. The molecule has 0 aliphatic heterocycles. The Kier molecular flexibility index (Phi) is 2.91. The molecule has 2 rings (SSSR count). The zero-order valence-electron chi connectivity index (χ0n) is 9.01. The number of aromatic nitrogens is 4. The van der Waals surface area contributed by atoms with Gasteiger partial charge in [-0.15, -0.1) is 5.10 Å². The van der Waals surface area contributed by atoms with Crippen LogP contribution in [0.1, 0.15) is 5.56 Å². The summed E-state index contributed by atoms with van der Waals surface area (Å²) in [5, 5.41) is 14.4. The van der Waals surface area contributed by atoms with Crippen molar-refractivity contribution in [2.24, 2.45) is 7.05 Å². The van der Waals surface area contributed by atoms with E-state index in [1.165, 1.54) is 5.49 Å². The van der Waals surface area contributed by atoms with E-state index in [1.807, 2.05) is 32.2 Å². The highest BCUT2D eigenvalue weighted by Gasteiger charge is 2.08. The van der Waals surface area contributed by atoms with Crippen molar-refractivity contribution in [3.8, 4) is 11.4 Å². The second-order valence-corrected chi connectivity index (χ2v) is 3.65. The van der Waals surface area contributed by atoms with Crippen LogP contribution in [0.3, 0.4) is 0 Å². The molecule has 0 unspecified atom stereocenters. The molecule has 0 saturated heterocycles. The standard InChI is InChI=1S/C10H11N5S/c1-7-5-8(11-6-16)3-4-9(7)10-12-13-14-15(10)2/h3-6H,1-2H3,(H,11,16). The molecule has 1 aromatic heterocycles. The Morgan fingerprint density at radius 2 is 2.25 bits per heavy atom. The summed E-state index contributed by atoms with van der Waals surface area (Å²) < 4.78 is 1.65. The molecule has 0 saturated carbocycles. The van der Waals surface area contributed by atoms with Crippen LogP contribution in [-0.2, 0) is 7.05 Å². The van der Waals surface area contributed by atoms with Crippen LogP contribution in [0.5, 0.6) is 0 Å². The van der Waals surface area contributed by atoms with Gasteiger partial charge in [0.05, 0.1) is 5.49 Å². The zero-order chi connectivity index (χ0) is 11.5. The summed E-state index contributed by atoms with van der Waals surface area (Å²) in [6, 6.07) is 5.93. The van der Waals surface area contributed by atoms with Crippen molar-refractivity contribution in [3.05, 3.63) is 23.8 Å². The molecule has 0 aliphatic rings. The van der Waals surface area contributed by atoms with Crippen molar-refractivity contribution in [3.63, 3.8) is 0 Å². The van der Waals surface area contributed by atoms with Crippen molar-refractivity contribution in [1.29, 1.82) is 0 Å². The van der Waals surface area contributed by atoms with Gasteiger partial charge in [-0.3, -0.25) is 0 Å². The molecule has 0 aliphatic carbocycles. The van der Waals surface area contributed by atoms with Gasteiger partial charge in [0, 0.05) is 18.3 Å². The zero-order valence-corrected chi connectivity index (χ0v) is 9.82. The fourth-order valence-corrected chi connectivity index (χ4v) is 1.67. The molecule has 82 valence electrons. The van der Waals surface area contributed by atoms with E-state index in [0.717, 1.165) is 22.6 Å². The molecule has 0 atom stereocenters. The Balaban J connectivity index is 2.44. The molecular weight excluding hydrogens is 222 g/mol. The number of hydrogen-bond donors (Lipinski definition) is 1. The van der Waals surface area contributed by atoms with E-state index in [0.29, 0.717) is 0 Å². The van der Waals surface area contributed by atoms with Crippen LogP contribution in [0.15, 0.2) is 18.2 Å². The van der Waals surface area contributed by atoms with Crippen LogP contribution < -0.4 is 5.32 Å². The summed E-state index contributed by atoms with van der Waals surface area (Å²) in [4.78, 5) is 0. The SMILES string of the molecule is Cc1cc(NC=S)ccc1-c1nnnn1C. The minimum Gasteiger partial charge on any atom is -0.353 e. The summed E-state index contributed by atoms with van der Waals surface area (Å²) in [5.41, 5.74) is 4.56. The number of thiocarbonyl (C=S) groups is 1. The van der Waals surface area contributed by atoms with Crippen LogP contribution in [0.2, 0.25) is 0 Å². The van der Waals surface area contributed by atoms with Gasteiger partial charge in [-0.25, -0.2) is 4.68 Å². The van der Waals surface area contributed by atoms with Gasteiger partial charge in [-0.05, 0) is 41.1 Å². The van der Waals surface area contributed by atoms with Crippen LogP contribution >= 0.6 is 12.2 Å². The molecule has 1 N–H and O–H groups in total. The normalized spacial score (nSPS) is 10.1. The van der Waals surface area contributed by atoms with Gasteiger partial charge < -0.3 is 5.32 Å². The van der Waals surface area contributed by atoms with E-state index in [-0.39, 0.29) is 0 Å². The average molecular weight is 233 g/mol. The molecule has 0 amide bonds. The van der Waals surface area contributed by atoms with Gasteiger partial charge in [0.1, 0.15) is 0 Å². The highest BCUT2D eigenvalue weighted by atomic mass is 32.1. The monoisotopic (exact) mass is 233 g/mol. The predicted octanol–water partition coefficient (Wildman–Crippen LogP) is 1.55. The van der Waals surface area contributed by atoms with E-state index >= 15 is 0 Å². The molecule has 0 radical (unpaired) electrons. The number of nitrogens with zero attached hydrogens (tertiary/aromatic N) is 4. The summed E-state index contributed by atoms with van der Waals surface area (Å²) in [6.45, 7) is 2.01. The fraction of sp³-hybridized carbons (Fsp3) is 0.200. The molecule has 6 heteroatoms. The molecule has 0 spiro atoms. The second-order valence-electron chi connectivity index (χ2n) is 3.42. The third-order valence-electron chi connectivity index (χ3n) is 2.31. The first-order valence-electron chi connectivity index (χ1n) is 4.76. The molecule has 1 aromatic carbocycles. The van der Waals surface area contributed by atoms with Gasteiger partial charge in [0.25, 0.3) is 0 Å². The second kappa shape index (κ2) is 4.36. The maximum Gasteiger partial charge on any atom is 0.182 e. The van der Waals surface area contributed by atoms with Crippen molar-refractivity contribution < 1.29 is 0 Å². The molecule has 16 heavy (non-hydrogen) atoms. The van der Waals surface area contributed by atoms with Gasteiger partial charge in [-0.1, -0.05) is 12.2 Å². The minimum absolute atomic E-state index is 0.756. The van der Waals surface area contributed by atoms with E-state index in [9.17, 15) is 0 Å². The molecule has 2 aromatic rings. The number of hydrogen-bond acceptors (Lipinski definition) is 4. The number of tetrazole rings is 1. The summed E-state index contributed by atoms with van der Waals surface area (Å²) in [7, 11) is 1.82. The Bertz CT molecular complexity index is 520. The van der Waals surface area contributed by atoms with E-state index in [1.54, 1.807) is 4.68 Å². The summed E-state index contributed by atoms with van der Waals surface area (Å²) in [5.74, 6) is 0.756. The lowest BCUT2D eigenvalue weighted by atomic mass is 10.1. The van der Waals surface area contributed by atoms with Crippen molar-refractivity contribution in [1.82, 2.24) is 20.2 Å². The van der Waals surface area contributed by atoms with Gasteiger partial charge >= 0.3 is 0 Å². The summed E-state index contributed by atoms with van der Waals surface area (Å²) >= 11 is 4.74. The number of aryl methyl sites for hydroxylation is 2. The van der Waals surface area contributed by atoms with Crippen LogP contribution in [-0.4, -0.2) is 25.7 Å². The Morgan fingerprint density at radius 3 is 2.81 bits per heavy atom. The van der Waals surface area contributed by atoms with Gasteiger partial charge in [-0.2, -0.15) is 0 Å². The molecule has 0 fully saturated rings. The van der Waals surface area contributed by atoms with Crippen molar-refractivity contribution >= 4 is 23.4 Å². The number of benzene rings is 1. The Labute approximate surface area is 98.5 Å². The summed E-state index contributed by atoms with van der Waals surface area (Å²) in [6.07, 6.45) is 0. The molecule has 0 bridgehead atoms. The maximum atomic E-state index is 4.74. The van der Waals surface area contributed by atoms with Crippen LogP contribution in [0, 0.1) is 6.92 Å². The minimum atomic E-state index is 0.756. The lowest BCUT2D eigenvalue weighted by molar-refractivity contribution is 0.714. The van der Waals surface area contributed by atoms with Crippen LogP contribution in [0.4, 0.5) is 5.69 Å². The quantitative estimate of drug-likeness (QED) is 0.815. The Hall–Kier alpha value is -1.82. The average Bonchev–Trinajstić information content (AvgIpc) is 2.65. The first-order valence-corrected chi connectivity index (χ1v) is 5.23. The smallest absolute Gasteiger partial charge is 0.182 e. The maximum absolute atomic E-state index is 4.74. The van der Waals surface area contributed by atoms with E-state index in [2.05, 4.69) is 20.8 Å². The van der Waals surface area contributed by atoms with Crippen LogP contribution in [0.25, 0.3) is 11.4 Å². The highest BCUT2D eigenvalue weighted by Crippen LogP contribution is 2.22.